The predicted molar refractivity (Wildman–Crippen MR) is 76.0 cm³/mol. The number of halogens is 1. The molecule has 1 atom stereocenters. The van der Waals surface area contributed by atoms with Gasteiger partial charge in [-0.05, 0) is 47.0 Å². The molecule has 0 spiro atoms. The molecule has 0 radical (unpaired) electrons. The first-order valence-corrected chi connectivity index (χ1v) is 7.18. The molecule has 1 fully saturated rings. The van der Waals surface area contributed by atoms with E-state index >= 15 is 0 Å². The van der Waals surface area contributed by atoms with Crippen molar-refractivity contribution < 1.29 is 9.47 Å². The van der Waals surface area contributed by atoms with Crippen molar-refractivity contribution in [2.75, 3.05) is 26.8 Å². The molecule has 1 aliphatic heterocycles. The van der Waals surface area contributed by atoms with Crippen LogP contribution in [0.5, 0.6) is 5.75 Å². The van der Waals surface area contributed by atoms with Crippen LogP contribution in [0.25, 0.3) is 0 Å². The van der Waals surface area contributed by atoms with Crippen molar-refractivity contribution in [2.24, 2.45) is 0 Å². The third-order valence-electron chi connectivity index (χ3n) is 3.26. The van der Waals surface area contributed by atoms with E-state index in [0.29, 0.717) is 12.7 Å². The van der Waals surface area contributed by atoms with E-state index in [2.05, 4.69) is 33.0 Å². The number of methoxy groups -OCH3 is 1. The van der Waals surface area contributed by atoms with E-state index in [1.54, 1.807) is 7.11 Å². The minimum Gasteiger partial charge on any atom is -0.493 e. The van der Waals surface area contributed by atoms with E-state index < -0.39 is 0 Å². The molecule has 0 saturated carbocycles. The number of likely N-dealkylation sites (tertiary alicyclic amines) is 1. The van der Waals surface area contributed by atoms with Crippen LogP contribution in [0.15, 0.2) is 22.7 Å². The fraction of sp³-hybridized carbons (Fsp3) is 0.571. The normalized spacial score (nSPS) is 20.3. The minimum absolute atomic E-state index is 0.399. The predicted octanol–water partition coefficient (Wildman–Crippen LogP) is 3.07. The molecule has 1 aliphatic rings. The van der Waals surface area contributed by atoms with Crippen molar-refractivity contribution in [3.63, 3.8) is 0 Å². The summed E-state index contributed by atoms with van der Waals surface area (Å²) in [6.45, 7) is 5.81. The van der Waals surface area contributed by atoms with Gasteiger partial charge in [0.05, 0.1) is 17.2 Å². The van der Waals surface area contributed by atoms with Gasteiger partial charge in [-0.25, -0.2) is 0 Å². The average Bonchev–Trinajstić information content (AvgIpc) is 2.80. The fourth-order valence-electron chi connectivity index (χ4n) is 2.31. The Morgan fingerprint density at radius 3 is 2.89 bits per heavy atom. The third kappa shape index (κ3) is 3.46. The second-order valence-corrected chi connectivity index (χ2v) is 5.43. The first kappa shape index (κ1) is 13.8. The summed E-state index contributed by atoms with van der Waals surface area (Å²) in [6, 6.07) is 6.31. The van der Waals surface area contributed by atoms with Crippen molar-refractivity contribution in [1.29, 1.82) is 0 Å². The summed E-state index contributed by atoms with van der Waals surface area (Å²) in [4.78, 5) is 2.43. The van der Waals surface area contributed by atoms with Gasteiger partial charge in [0, 0.05) is 26.7 Å². The highest BCUT2D eigenvalue weighted by molar-refractivity contribution is 9.10. The lowest BCUT2D eigenvalue weighted by Crippen LogP contribution is -2.22. The molecular weight excluding hydrogens is 294 g/mol. The van der Waals surface area contributed by atoms with Gasteiger partial charge in [-0.15, -0.1) is 0 Å². The zero-order valence-electron chi connectivity index (χ0n) is 11.0. The van der Waals surface area contributed by atoms with Crippen LogP contribution in [-0.4, -0.2) is 37.8 Å². The quantitative estimate of drug-likeness (QED) is 0.834. The van der Waals surface area contributed by atoms with Crippen molar-refractivity contribution in [3.05, 3.63) is 28.2 Å². The van der Waals surface area contributed by atoms with Gasteiger partial charge in [-0.1, -0.05) is 6.07 Å². The Balaban J connectivity index is 1.96. The zero-order valence-corrected chi connectivity index (χ0v) is 12.6. The number of hydrogen-bond acceptors (Lipinski definition) is 3. The van der Waals surface area contributed by atoms with Gasteiger partial charge in [-0.3, -0.25) is 4.90 Å². The first-order valence-electron chi connectivity index (χ1n) is 6.39. The molecule has 0 aliphatic carbocycles. The lowest BCUT2D eigenvalue weighted by atomic mass is 10.2. The van der Waals surface area contributed by atoms with E-state index in [1.807, 2.05) is 13.0 Å². The molecule has 1 aromatic rings. The molecule has 2 rings (SSSR count). The Kier molecular flexibility index (Phi) is 5.03. The van der Waals surface area contributed by atoms with Gasteiger partial charge < -0.3 is 9.47 Å². The highest BCUT2D eigenvalue weighted by Gasteiger charge is 2.21. The highest BCUT2D eigenvalue weighted by Crippen LogP contribution is 2.27. The first-order chi connectivity index (χ1) is 8.72. The summed E-state index contributed by atoms with van der Waals surface area (Å²) < 4.78 is 11.9. The van der Waals surface area contributed by atoms with Gasteiger partial charge in [-0.2, -0.15) is 0 Å². The molecule has 3 nitrogen and oxygen atoms in total. The smallest absolute Gasteiger partial charge is 0.133 e. The summed E-state index contributed by atoms with van der Waals surface area (Å²) in [5.74, 6) is 0.914. The molecule has 1 unspecified atom stereocenters. The van der Waals surface area contributed by atoms with Gasteiger partial charge in [0.25, 0.3) is 0 Å². The molecule has 0 amide bonds. The number of nitrogens with zero attached hydrogens (tertiary/aromatic N) is 1. The Labute approximate surface area is 117 Å². The Morgan fingerprint density at radius 2 is 2.28 bits per heavy atom. The van der Waals surface area contributed by atoms with Crippen LogP contribution in [0.4, 0.5) is 0 Å². The summed E-state index contributed by atoms with van der Waals surface area (Å²) in [6.07, 6.45) is 1.53. The van der Waals surface area contributed by atoms with Crippen LogP contribution in [0.1, 0.15) is 18.9 Å². The van der Waals surface area contributed by atoms with Gasteiger partial charge in [0.1, 0.15) is 5.75 Å². The molecule has 1 heterocycles. The molecule has 100 valence electrons. The maximum absolute atomic E-state index is 5.52. The molecule has 1 saturated heterocycles. The van der Waals surface area contributed by atoms with Crippen molar-refractivity contribution in [1.82, 2.24) is 4.90 Å². The van der Waals surface area contributed by atoms with Gasteiger partial charge in [0.15, 0.2) is 0 Å². The van der Waals surface area contributed by atoms with E-state index in [1.165, 1.54) is 5.56 Å². The fourth-order valence-corrected chi connectivity index (χ4v) is 2.85. The van der Waals surface area contributed by atoms with Crippen molar-refractivity contribution >= 4 is 15.9 Å². The lowest BCUT2D eigenvalue weighted by molar-refractivity contribution is 0.107. The minimum atomic E-state index is 0.399. The third-order valence-corrected chi connectivity index (χ3v) is 3.88. The Morgan fingerprint density at radius 1 is 1.44 bits per heavy atom. The number of benzene rings is 1. The molecular formula is C14H20BrNO2. The summed E-state index contributed by atoms with van der Waals surface area (Å²) >= 11 is 3.55. The highest BCUT2D eigenvalue weighted by atomic mass is 79.9. The second-order valence-electron chi connectivity index (χ2n) is 4.58. The molecule has 0 aromatic heterocycles. The van der Waals surface area contributed by atoms with Crippen molar-refractivity contribution in [2.45, 2.75) is 26.0 Å². The molecule has 0 bridgehead atoms. The Bertz CT molecular complexity index is 397. The average molecular weight is 314 g/mol. The summed E-state index contributed by atoms with van der Waals surface area (Å²) in [5.41, 5.74) is 1.31. The van der Waals surface area contributed by atoms with E-state index in [-0.39, 0.29) is 0 Å². The second kappa shape index (κ2) is 6.55. The molecule has 1 aromatic carbocycles. The van der Waals surface area contributed by atoms with E-state index in [4.69, 9.17) is 9.47 Å². The van der Waals surface area contributed by atoms with Crippen LogP contribution < -0.4 is 4.74 Å². The van der Waals surface area contributed by atoms with Crippen LogP contribution in [0.2, 0.25) is 0 Å². The van der Waals surface area contributed by atoms with E-state index in [9.17, 15) is 0 Å². The maximum atomic E-state index is 5.52. The SMILES string of the molecule is CCOc1ccc(CN2CCC(OC)C2)cc1Br. The number of hydrogen-bond donors (Lipinski definition) is 0. The van der Waals surface area contributed by atoms with Crippen molar-refractivity contribution in [3.8, 4) is 5.75 Å². The standard InChI is InChI=1S/C14H20BrNO2/c1-3-18-14-5-4-11(8-13(14)15)9-16-7-6-12(10-16)17-2/h4-5,8,12H,3,6-7,9-10H2,1-2H3. The number of rotatable bonds is 5. The number of ether oxygens (including phenoxy) is 2. The van der Waals surface area contributed by atoms with Crippen LogP contribution in [-0.2, 0) is 11.3 Å². The largest absolute Gasteiger partial charge is 0.493 e. The summed E-state index contributed by atoms with van der Waals surface area (Å²) in [7, 11) is 1.79. The molecule has 4 heteroatoms. The van der Waals surface area contributed by atoms with Crippen LogP contribution in [0, 0.1) is 0 Å². The Hall–Kier alpha value is -0.580. The molecule has 0 N–H and O–H groups in total. The lowest BCUT2D eigenvalue weighted by Gasteiger charge is -2.16. The zero-order chi connectivity index (χ0) is 13.0. The maximum Gasteiger partial charge on any atom is 0.133 e. The topological polar surface area (TPSA) is 21.7 Å². The van der Waals surface area contributed by atoms with Crippen LogP contribution >= 0.6 is 15.9 Å². The summed E-state index contributed by atoms with van der Waals surface area (Å²) in [5, 5.41) is 0. The molecule has 18 heavy (non-hydrogen) atoms. The monoisotopic (exact) mass is 313 g/mol. The van der Waals surface area contributed by atoms with E-state index in [0.717, 1.165) is 36.3 Å². The van der Waals surface area contributed by atoms with Gasteiger partial charge in [0.2, 0.25) is 0 Å². The van der Waals surface area contributed by atoms with Gasteiger partial charge >= 0.3 is 0 Å². The van der Waals surface area contributed by atoms with Crippen LogP contribution in [0.3, 0.4) is 0 Å².